The molecule has 9 heteroatoms. The summed E-state index contributed by atoms with van der Waals surface area (Å²) in [5.74, 6) is -0.421. The molecule has 2 aromatic rings. The van der Waals surface area contributed by atoms with Gasteiger partial charge in [0.1, 0.15) is 5.54 Å². The number of rotatable bonds is 7. The summed E-state index contributed by atoms with van der Waals surface area (Å²) in [6.45, 7) is 1.40. The van der Waals surface area contributed by atoms with Crippen LogP contribution in [-0.4, -0.2) is 67.3 Å². The fraction of sp³-hybridized carbons (Fsp3) is 0.429. The molecule has 5 rings (SSSR count). The predicted octanol–water partition coefficient (Wildman–Crippen LogP) is 3.66. The lowest BCUT2D eigenvalue weighted by Crippen LogP contribution is -2.48. The van der Waals surface area contributed by atoms with E-state index in [2.05, 4.69) is 5.32 Å². The highest BCUT2D eigenvalue weighted by Crippen LogP contribution is 2.36. The molecule has 0 radical (unpaired) electrons. The van der Waals surface area contributed by atoms with E-state index >= 15 is 0 Å². The zero-order valence-corrected chi connectivity index (χ0v) is 21.7. The van der Waals surface area contributed by atoms with E-state index in [1.54, 1.807) is 30.3 Å². The molecule has 2 aliphatic heterocycles. The van der Waals surface area contributed by atoms with E-state index in [0.717, 1.165) is 37.7 Å². The molecule has 0 spiro atoms. The smallest absolute Gasteiger partial charge is 0.259 e. The Balaban J connectivity index is 1.43. The van der Waals surface area contributed by atoms with E-state index in [1.807, 2.05) is 36.4 Å². The third-order valence-electron chi connectivity index (χ3n) is 7.43. The maximum absolute atomic E-state index is 13.9. The van der Waals surface area contributed by atoms with Crippen molar-refractivity contribution in [1.29, 1.82) is 0 Å². The van der Waals surface area contributed by atoms with Gasteiger partial charge in [-0.2, -0.15) is 4.31 Å². The highest BCUT2D eigenvalue weighted by Gasteiger charge is 2.52. The lowest BCUT2D eigenvalue weighted by molar-refractivity contribution is -0.142. The number of carbonyl (C=O) groups is 2. The number of likely N-dealkylation sites (tertiary alicyclic amines) is 1. The number of hydrogen-bond acceptors (Lipinski definition) is 6. The van der Waals surface area contributed by atoms with E-state index in [4.69, 9.17) is 4.74 Å². The molecule has 1 N–H and O–H groups in total. The van der Waals surface area contributed by atoms with E-state index in [-0.39, 0.29) is 29.2 Å². The highest BCUT2D eigenvalue weighted by atomic mass is 32.2. The topological polar surface area (TPSA) is 96.0 Å². The van der Waals surface area contributed by atoms with Crippen molar-refractivity contribution in [1.82, 2.24) is 9.21 Å². The molecule has 1 aliphatic carbocycles. The number of amides is 2. The molecule has 3 aliphatic rings. The van der Waals surface area contributed by atoms with Crippen LogP contribution in [0.4, 0.5) is 5.69 Å². The van der Waals surface area contributed by atoms with Crippen molar-refractivity contribution < 1.29 is 22.7 Å². The summed E-state index contributed by atoms with van der Waals surface area (Å²) < 4.78 is 32.7. The second-order valence-electron chi connectivity index (χ2n) is 9.92. The average molecular weight is 524 g/mol. The van der Waals surface area contributed by atoms with Gasteiger partial charge in [0.25, 0.3) is 5.91 Å². The van der Waals surface area contributed by atoms with Crippen LogP contribution < -0.4 is 5.32 Å². The van der Waals surface area contributed by atoms with E-state index < -0.39 is 15.6 Å². The Hall–Kier alpha value is -3.01. The second kappa shape index (κ2) is 10.8. The van der Waals surface area contributed by atoms with Gasteiger partial charge in [0.2, 0.25) is 15.9 Å². The van der Waals surface area contributed by atoms with Crippen molar-refractivity contribution in [3.05, 3.63) is 66.2 Å². The van der Waals surface area contributed by atoms with Crippen LogP contribution in [0.25, 0.3) is 6.08 Å². The molecule has 0 bridgehead atoms. The second-order valence-corrected chi connectivity index (χ2v) is 11.9. The summed E-state index contributed by atoms with van der Waals surface area (Å²) in [6.07, 6.45) is 8.49. The molecule has 3 fully saturated rings. The monoisotopic (exact) mass is 523 g/mol. The van der Waals surface area contributed by atoms with Crippen LogP contribution in [-0.2, 0) is 24.3 Å². The summed E-state index contributed by atoms with van der Waals surface area (Å²) in [6, 6.07) is 16.0. The molecule has 0 aromatic heterocycles. The normalized spacial score (nSPS) is 24.2. The number of imide groups is 1. The van der Waals surface area contributed by atoms with Crippen LogP contribution in [0.1, 0.15) is 44.1 Å². The van der Waals surface area contributed by atoms with Crippen molar-refractivity contribution >= 4 is 33.6 Å². The van der Waals surface area contributed by atoms with Crippen molar-refractivity contribution in [3.8, 4) is 0 Å². The molecule has 2 saturated heterocycles. The lowest BCUT2D eigenvalue weighted by atomic mass is 9.93. The number of nitrogens with zero attached hydrogens (tertiary/aromatic N) is 2. The molecule has 2 aromatic carbocycles. The minimum atomic E-state index is -3.63. The number of nitrogens with one attached hydrogen (secondary N) is 1. The zero-order valence-electron chi connectivity index (χ0n) is 20.8. The van der Waals surface area contributed by atoms with Crippen LogP contribution in [0.5, 0.6) is 0 Å². The molecule has 196 valence electrons. The highest BCUT2D eigenvalue weighted by molar-refractivity contribution is 7.89. The Kier molecular flexibility index (Phi) is 7.46. The molecule has 37 heavy (non-hydrogen) atoms. The minimum Gasteiger partial charge on any atom is -0.379 e. The summed E-state index contributed by atoms with van der Waals surface area (Å²) in [4.78, 5) is 28.7. The van der Waals surface area contributed by atoms with Gasteiger partial charge in [0, 0.05) is 24.8 Å². The molecule has 1 atom stereocenters. The lowest BCUT2D eigenvalue weighted by Gasteiger charge is -2.32. The maximum Gasteiger partial charge on any atom is 0.259 e. The first-order valence-electron chi connectivity index (χ1n) is 13.0. The van der Waals surface area contributed by atoms with Crippen molar-refractivity contribution in [2.45, 2.75) is 55.0 Å². The third-order valence-corrected chi connectivity index (χ3v) is 9.34. The number of carbonyl (C=O) groups excluding carboxylic acids is 2. The van der Waals surface area contributed by atoms with E-state index in [0.29, 0.717) is 32.0 Å². The standard InChI is InChI=1S/C28H33N3O5S/c32-26-21-28(16-15-22-7-3-1-4-8-22,27(33)31(26)24-9-5-2-6-10-24)29-23-11-13-25(14-12-23)37(34,35)30-17-19-36-20-18-30/h1,3-4,7-8,11-16,24,29H,2,5-6,9-10,17-21H2/b16-15+/t28-/m1/s1. The van der Waals surface area contributed by atoms with Crippen LogP contribution in [0.15, 0.2) is 65.6 Å². The third kappa shape index (κ3) is 5.35. The van der Waals surface area contributed by atoms with Gasteiger partial charge < -0.3 is 10.1 Å². The van der Waals surface area contributed by atoms with Crippen LogP contribution in [0.3, 0.4) is 0 Å². The van der Waals surface area contributed by atoms with Gasteiger partial charge in [-0.25, -0.2) is 8.42 Å². The van der Waals surface area contributed by atoms with Crippen molar-refractivity contribution in [3.63, 3.8) is 0 Å². The number of hydrogen-bond donors (Lipinski definition) is 1. The number of benzene rings is 2. The summed E-state index contributed by atoms with van der Waals surface area (Å²) in [7, 11) is -3.63. The number of morpholine rings is 1. The van der Waals surface area contributed by atoms with Gasteiger partial charge in [-0.05, 0) is 48.7 Å². The largest absolute Gasteiger partial charge is 0.379 e. The summed E-state index contributed by atoms with van der Waals surface area (Å²) in [5.41, 5.74) is 0.256. The van der Waals surface area contributed by atoms with Crippen LogP contribution in [0.2, 0.25) is 0 Å². The van der Waals surface area contributed by atoms with Crippen LogP contribution in [0, 0.1) is 0 Å². The van der Waals surface area contributed by atoms with E-state index in [9.17, 15) is 18.0 Å². The quantitative estimate of drug-likeness (QED) is 0.557. The van der Waals surface area contributed by atoms with Crippen molar-refractivity contribution in [2.75, 3.05) is 31.6 Å². The molecule has 0 unspecified atom stereocenters. The van der Waals surface area contributed by atoms with Gasteiger partial charge in [-0.1, -0.05) is 55.7 Å². The zero-order chi connectivity index (χ0) is 25.9. The Morgan fingerprint density at radius 1 is 0.919 bits per heavy atom. The first-order chi connectivity index (χ1) is 17.9. The van der Waals surface area contributed by atoms with E-state index in [1.165, 1.54) is 9.21 Å². The molecule has 1 saturated carbocycles. The molecule has 8 nitrogen and oxygen atoms in total. The SMILES string of the molecule is O=C1C[C@@](/C=C/c2ccccc2)(Nc2ccc(S(=O)(=O)N3CCOCC3)cc2)C(=O)N1C1CCCCC1. The fourth-order valence-corrected chi connectivity index (χ4v) is 6.82. The Bertz CT molecular complexity index is 1250. The number of ether oxygens (including phenoxy) is 1. The van der Waals surface area contributed by atoms with Crippen LogP contribution >= 0.6 is 0 Å². The minimum absolute atomic E-state index is 0.0134. The van der Waals surface area contributed by atoms with Gasteiger partial charge >= 0.3 is 0 Å². The summed E-state index contributed by atoms with van der Waals surface area (Å²) >= 11 is 0. The first-order valence-corrected chi connectivity index (χ1v) is 14.4. The first kappa shape index (κ1) is 25.6. The van der Waals surface area contributed by atoms with Gasteiger partial charge in [-0.15, -0.1) is 0 Å². The maximum atomic E-state index is 13.9. The number of anilines is 1. The summed E-state index contributed by atoms with van der Waals surface area (Å²) in [5, 5.41) is 3.30. The van der Waals surface area contributed by atoms with Gasteiger partial charge in [-0.3, -0.25) is 14.5 Å². The van der Waals surface area contributed by atoms with Gasteiger partial charge in [0.05, 0.1) is 24.5 Å². The predicted molar refractivity (Wildman–Crippen MR) is 141 cm³/mol. The Morgan fingerprint density at radius 3 is 2.27 bits per heavy atom. The Labute approximate surface area is 218 Å². The average Bonchev–Trinajstić information content (AvgIpc) is 3.18. The molecule has 2 amide bonds. The molecule has 2 heterocycles. The van der Waals surface area contributed by atoms with Gasteiger partial charge in [0.15, 0.2) is 0 Å². The number of sulfonamides is 1. The van der Waals surface area contributed by atoms with Crippen molar-refractivity contribution in [2.24, 2.45) is 0 Å². The Morgan fingerprint density at radius 2 is 1.59 bits per heavy atom. The molecular weight excluding hydrogens is 490 g/mol. The molecular formula is C28H33N3O5S. The fourth-order valence-electron chi connectivity index (χ4n) is 5.41.